The van der Waals surface area contributed by atoms with Crippen LogP contribution in [0.5, 0.6) is 0 Å². The van der Waals surface area contributed by atoms with Crippen molar-refractivity contribution in [1.29, 1.82) is 0 Å². The van der Waals surface area contributed by atoms with Gasteiger partial charge in [0.15, 0.2) is 11.0 Å². The van der Waals surface area contributed by atoms with Crippen molar-refractivity contribution >= 4 is 75.7 Å². The standard InChI is InChI=1S/C20H17Cl4N5O2S/c1-10(25-19(31)11-3-4-15(23)16(24)5-11)18-27-28-20(29(18)2)32-9-17(30)26-14-7-12(21)6-13(22)8-14/h3-8,10H,9H2,1-2H3,(H,25,31)(H,26,30)/t10-/m1/s1. The molecule has 0 saturated heterocycles. The molecule has 1 aromatic heterocycles. The van der Waals surface area contributed by atoms with Gasteiger partial charge < -0.3 is 15.2 Å². The van der Waals surface area contributed by atoms with Gasteiger partial charge in [0.05, 0.1) is 21.8 Å². The lowest BCUT2D eigenvalue weighted by molar-refractivity contribution is -0.113. The molecule has 3 rings (SSSR count). The number of hydrogen-bond donors (Lipinski definition) is 2. The number of carbonyl (C=O) groups excluding carboxylic acids is 2. The van der Waals surface area contributed by atoms with Crippen molar-refractivity contribution in [1.82, 2.24) is 20.1 Å². The van der Waals surface area contributed by atoms with Gasteiger partial charge in [-0.3, -0.25) is 9.59 Å². The molecule has 0 unspecified atom stereocenters. The molecule has 0 aliphatic carbocycles. The summed E-state index contributed by atoms with van der Waals surface area (Å²) in [5.41, 5.74) is 0.881. The van der Waals surface area contributed by atoms with Gasteiger partial charge in [0, 0.05) is 28.3 Å². The number of anilines is 1. The van der Waals surface area contributed by atoms with E-state index in [9.17, 15) is 9.59 Å². The van der Waals surface area contributed by atoms with E-state index in [2.05, 4.69) is 20.8 Å². The molecule has 12 heteroatoms. The zero-order chi connectivity index (χ0) is 23.4. The van der Waals surface area contributed by atoms with E-state index >= 15 is 0 Å². The first kappa shape index (κ1) is 24.7. The van der Waals surface area contributed by atoms with Gasteiger partial charge >= 0.3 is 0 Å². The third-order valence-corrected chi connectivity index (χ3v) is 6.46. The Morgan fingerprint density at radius 2 is 1.72 bits per heavy atom. The zero-order valence-electron chi connectivity index (χ0n) is 16.8. The van der Waals surface area contributed by atoms with Crippen LogP contribution < -0.4 is 10.6 Å². The summed E-state index contributed by atoms with van der Waals surface area (Å²) in [4.78, 5) is 24.8. The number of hydrogen-bond acceptors (Lipinski definition) is 5. The average Bonchev–Trinajstić information content (AvgIpc) is 3.08. The van der Waals surface area contributed by atoms with Gasteiger partial charge in [-0.1, -0.05) is 58.2 Å². The molecule has 1 atom stereocenters. The van der Waals surface area contributed by atoms with Crippen LogP contribution in [0.1, 0.15) is 29.1 Å². The second-order valence-corrected chi connectivity index (χ2v) is 9.35. The molecule has 0 aliphatic rings. The lowest BCUT2D eigenvalue weighted by Gasteiger charge is -2.14. The highest BCUT2D eigenvalue weighted by Crippen LogP contribution is 2.25. The first-order valence-corrected chi connectivity index (χ1v) is 11.7. The Hall–Kier alpha value is -1.97. The highest BCUT2D eigenvalue weighted by Gasteiger charge is 2.19. The van der Waals surface area contributed by atoms with Crippen molar-refractivity contribution in [2.45, 2.75) is 18.1 Å². The van der Waals surface area contributed by atoms with Crippen LogP contribution in [0.25, 0.3) is 0 Å². The van der Waals surface area contributed by atoms with E-state index in [1.165, 1.54) is 17.8 Å². The molecule has 2 N–H and O–H groups in total. The first-order chi connectivity index (χ1) is 15.1. The van der Waals surface area contributed by atoms with Crippen molar-refractivity contribution in [3.05, 3.63) is 67.9 Å². The molecule has 168 valence electrons. The number of amides is 2. The van der Waals surface area contributed by atoms with Crippen LogP contribution in [0.3, 0.4) is 0 Å². The van der Waals surface area contributed by atoms with Gasteiger partial charge in [-0.2, -0.15) is 0 Å². The number of thioether (sulfide) groups is 1. The van der Waals surface area contributed by atoms with E-state index in [1.54, 1.807) is 48.9 Å². The number of benzene rings is 2. The van der Waals surface area contributed by atoms with E-state index in [0.717, 1.165) is 0 Å². The Bertz CT molecular complexity index is 1150. The third kappa shape index (κ3) is 6.30. The van der Waals surface area contributed by atoms with Gasteiger partial charge in [-0.15, -0.1) is 10.2 Å². The largest absolute Gasteiger partial charge is 0.342 e. The first-order valence-electron chi connectivity index (χ1n) is 9.18. The molecule has 7 nitrogen and oxygen atoms in total. The molecular formula is C20H17Cl4N5O2S. The number of nitrogens with one attached hydrogen (secondary N) is 2. The van der Waals surface area contributed by atoms with Gasteiger partial charge in [0.25, 0.3) is 5.91 Å². The van der Waals surface area contributed by atoms with E-state index in [4.69, 9.17) is 46.4 Å². The molecule has 2 aromatic carbocycles. The van der Waals surface area contributed by atoms with Crippen molar-refractivity contribution < 1.29 is 9.59 Å². The molecule has 2 amide bonds. The Kier molecular flexibility index (Phi) is 8.30. The van der Waals surface area contributed by atoms with Gasteiger partial charge in [-0.05, 0) is 43.3 Å². The summed E-state index contributed by atoms with van der Waals surface area (Å²) in [6.45, 7) is 1.78. The van der Waals surface area contributed by atoms with Crippen LogP contribution in [0, 0.1) is 0 Å². The smallest absolute Gasteiger partial charge is 0.251 e. The molecule has 32 heavy (non-hydrogen) atoms. The van der Waals surface area contributed by atoms with E-state index < -0.39 is 6.04 Å². The zero-order valence-corrected chi connectivity index (χ0v) is 20.7. The normalized spacial score (nSPS) is 11.8. The quantitative estimate of drug-likeness (QED) is 0.384. The van der Waals surface area contributed by atoms with Crippen molar-refractivity contribution in [3.8, 4) is 0 Å². The predicted octanol–water partition coefficient (Wildman–Crippen LogP) is 5.65. The molecule has 1 heterocycles. The Morgan fingerprint density at radius 1 is 1.03 bits per heavy atom. The maximum Gasteiger partial charge on any atom is 0.251 e. The summed E-state index contributed by atoms with van der Waals surface area (Å²) in [6, 6.07) is 8.99. The van der Waals surface area contributed by atoms with Gasteiger partial charge in [-0.25, -0.2) is 0 Å². The summed E-state index contributed by atoms with van der Waals surface area (Å²) in [5, 5.41) is 15.9. The fourth-order valence-electron chi connectivity index (χ4n) is 2.76. The van der Waals surface area contributed by atoms with Crippen LogP contribution in [0.4, 0.5) is 5.69 Å². The second-order valence-electron chi connectivity index (χ2n) is 6.72. The third-order valence-electron chi connectivity index (χ3n) is 4.26. The van der Waals surface area contributed by atoms with Gasteiger partial charge in [0.2, 0.25) is 5.91 Å². The number of aromatic nitrogens is 3. The summed E-state index contributed by atoms with van der Waals surface area (Å²) in [5.74, 6) is 0.0507. The number of nitrogens with zero attached hydrogens (tertiary/aromatic N) is 3. The summed E-state index contributed by atoms with van der Waals surface area (Å²) in [7, 11) is 1.76. The fourth-order valence-corrected chi connectivity index (χ4v) is 4.31. The second kappa shape index (κ2) is 10.8. The SMILES string of the molecule is C[C@@H](NC(=O)c1ccc(Cl)c(Cl)c1)c1nnc(SCC(=O)Nc2cc(Cl)cc(Cl)c2)n1C. The van der Waals surface area contributed by atoms with Crippen molar-refractivity contribution in [3.63, 3.8) is 0 Å². The topological polar surface area (TPSA) is 88.9 Å². The highest BCUT2D eigenvalue weighted by atomic mass is 35.5. The maximum absolute atomic E-state index is 12.5. The molecule has 0 fully saturated rings. The number of halogens is 4. The predicted molar refractivity (Wildman–Crippen MR) is 129 cm³/mol. The minimum Gasteiger partial charge on any atom is -0.342 e. The molecular weight excluding hydrogens is 516 g/mol. The summed E-state index contributed by atoms with van der Waals surface area (Å²) < 4.78 is 1.72. The highest BCUT2D eigenvalue weighted by molar-refractivity contribution is 7.99. The Labute approximate surface area is 208 Å². The van der Waals surface area contributed by atoms with Crippen LogP contribution in [0.15, 0.2) is 41.6 Å². The van der Waals surface area contributed by atoms with Crippen LogP contribution >= 0.6 is 58.2 Å². The average molecular weight is 533 g/mol. The summed E-state index contributed by atoms with van der Waals surface area (Å²) in [6.07, 6.45) is 0. The van der Waals surface area contributed by atoms with Crippen molar-refractivity contribution in [2.24, 2.45) is 7.05 Å². The molecule has 0 radical (unpaired) electrons. The number of carbonyl (C=O) groups is 2. The van der Waals surface area contributed by atoms with E-state index in [0.29, 0.717) is 42.3 Å². The number of rotatable bonds is 7. The fraction of sp³-hybridized carbons (Fsp3) is 0.200. The lowest BCUT2D eigenvalue weighted by atomic mass is 10.2. The minimum atomic E-state index is -0.439. The Balaban J connectivity index is 1.59. The Morgan fingerprint density at radius 3 is 2.38 bits per heavy atom. The lowest BCUT2D eigenvalue weighted by Crippen LogP contribution is -2.28. The minimum absolute atomic E-state index is 0.0973. The van der Waals surface area contributed by atoms with Crippen LogP contribution in [-0.4, -0.2) is 32.3 Å². The summed E-state index contributed by atoms with van der Waals surface area (Å²) >= 11 is 25.0. The van der Waals surface area contributed by atoms with E-state index in [1.807, 2.05) is 0 Å². The molecule has 3 aromatic rings. The van der Waals surface area contributed by atoms with Crippen LogP contribution in [0.2, 0.25) is 20.1 Å². The molecule has 0 bridgehead atoms. The van der Waals surface area contributed by atoms with Gasteiger partial charge in [0.1, 0.15) is 0 Å². The van der Waals surface area contributed by atoms with E-state index in [-0.39, 0.29) is 17.6 Å². The van der Waals surface area contributed by atoms with Crippen LogP contribution in [-0.2, 0) is 11.8 Å². The maximum atomic E-state index is 12.5. The monoisotopic (exact) mass is 531 g/mol. The molecule has 0 aliphatic heterocycles. The molecule has 0 spiro atoms. The van der Waals surface area contributed by atoms with Crippen molar-refractivity contribution in [2.75, 3.05) is 11.1 Å². The molecule has 0 saturated carbocycles.